The lowest BCUT2D eigenvalue weighted by atomic mass is 10.1. The van der Waals surface area contributed by atoms with E-state index in [0.717, 1.165) is 18.4 Å². The van der Waals surface area contributed by atoms with E-state index in [-0.39, 0.29) is 6.10 Å². The highest BCUT2D eigenvalue weighted by Crippen LogP contribution is 2.09. The Hall–Kier alpha value is -1.42. The fraction of sp³-hybridized carbons (Fsp3) is 0.389. The van der Waals surface area contributed by atoms with E-state index in [1.165, 1.54) is 5.56 Å². The third kappa shape index (κ3) is 6.14. The molecule has 2 N–H and O–H groups in total. The number of benzene rings is 1. The molecule has 0 aliphatic heterocycles. The number of halogens is 1. The van der Waals surface area contributed by atoms with Crippen molar-refractivity contribution in [2.75, 3.05) is 6.54 Å². The third-order valence-corrected chi connectivity index (χ3v) is 3.89. The monoisotopic (exact) mass is 318 g/mol. The van der Waals surface area contributed by atoms with E-state index in [4.69, 9.17) is 11.6 Å². The average Bonchev–Trinajstić information content (AvgIpc) is 2.53. The quantitative estimate of drug-likeness (QED) is 0.734. The summed E-state index contributed by atoms with van der Waals surface area (Å²) in [5.41, 5.74) is 2.35. The van der Waals surface area contributed by atoms with Crippen LogP contribution in [0.25, 0.3) is 0 Å². The zero-order chi connectivity index (χ0) is 15.8. The summed E-state index contributed by atoms with van der Waals surface area (Å²) in [6.07, 6.45) is 4.09. The molecule has 0 saturated heterocycles. The van der Waals surface area contributed by atoms with Gasteiger partial charge in [-0.15, -0.1) is 0 Å². The second kappa shape index (κ2) is 8.89. The first-order chi connectivity index (χ1) is 10.6. The molecule has 1 aromatic carbocycles. The smallest absolute Gasteiger partial charge is 0.129 e. The molecule has 2 unspecified atom stereocenters. The van der Waals surface area contributed by atoms with Crippen molar-refractivity contribution in [3.8, 4) is 0 Å². The summed E-state index contributed by atoms with van der Waals surface area (Å²) in [6.45, 7) is 2.74. The van der Waals surface area contributed by atoms with Gasteiger partial charge in [0.25, 0.3) is 0 Å². The first-order valence-electron chi connectivity index (χ1n) is 7.69. The summed E-state index contributed by atoms with van der Waals surface area (Å²) in [7, 11) is 0. The summed E-state index contributed by atoms with van der Waals surface area (Å²) in [5, 5.41) is 14.0. The van der Waals surface area contributed by atoms with Gasteiger partial charge in [0.2, 0.25) is 0 Å². The van der Waals surface area contributed by atoms with Crippen LogP contribution in [0.15, 0.2) is 48.7 Å². The lowest BCUT2D eigenvalue weighted by molar-refractivity contribution is 0.167. The van der Waals surface area contributed by atoms with Crippen molar-refractivity contribution < 1.29 is 5.11 Å². The number of aryl methyl sites for hydroxylation is 1. The van der Waals surface area contributed by atoms with Crippen molar-refractivity contribution in [2.24, 2.45) is 0 Å². The lowest BCUT2D eigenvalue weighted by Gasteiger charge is -2.17. The first-order valence-corrected chi connectivity index (χ1v) is 8.07. The van der Waals surface area contributed by atoms with Crippen molar-refractivity contribution in [3.63, 3.8) is 0 Å². The van der Waals surface area contributed by atoms with Gasteiger partial charge in [-0.2, -0.15) is 0 Å². The molecule has 1 heterocycles. The molecule has 22 heavy (non-hydrogen) atoms. The summed E-state index contributed by atoms with van der Waals surface area (Å²) in [6, 6.07) is 14.2. The molecule has 0 spiro atoms. The molecule has 0 amide bonds. The Labute approximate surface area is 137 Å². The maximum atomic E-state index is 10.1. The van der Waals surface area contributed by atoms with Crippen LogP contribution in [0, 0.1) is 0 Å². The summed E-state index contributed by atoms with van der Waals surface area (Å²) in [4.78, 5) is 4.08. The van der Waals surface area contributed by atoms with E-state index < -0.39 is 0 Å². The van der Waals surface area contributed by atoms with E-state index in [0.29, 0.717) is 24.2 Å². The molecular formula is C18H23ClN2O. The summed E-state index contributed by atoms with van der Waals surface area (Å²) >= 11 is 5.77. The van der Waals surface area contributed by atoms with Gasteiger partial charge < -0.3 is 10.4 Å². The van der Waals surface area contributed by atoms with E-state index in [9.17, 15) is 5.11 Å². The SMILES string of the molecule is CC(CCc1ccc(Cl)nc1)NCC(O)Cc1ccccc1. The molecule has 0 radical (unpaired) electrons. The Balaban J connectivity index is 1.66. The molecule has 2 aromatic rings. The van der Waals surface area contributed by atoms with Crippen molar-refractivity contribution in [1.29, 1.82) is 0 Å². The minimum Gasteiger partial charge on any atom is -0.391 e. The van der Waals surface area contributed by atoms with Crippen LogP contribution in [0.5, 0.6) is 0 Å². The lowest BCUT2D eigenvalue weighted by Crippen LogP contribution is -2.35. The van der Waals surface area contributed by atoms with Crippen molar-refractivity contribution >= 4 is 11.6 Å². The molecule has 0 fully saturated rings. The number of hydrogen-bond donors (Lipinski definition) is 2. The minimum atomic E-state index is -0.359. The van der Waals surface area contributed by atoms with Gasteiger partial charge in [0.1, 0.15) is 5.15 Å². The number of aromatic nitrogens is 1. The number of pyridine rings is 1. The van der Waals surface area contributed by atoms with Crippen LogP contribution < -0.4 is 5.32 Å². The molecule has 0 bridgehead atoms. The number of nitrogens with one attached hydrogen (secondary N) is 1. The van der Waals surface area contributed by atoms with Crippen LogP contribution >= 0.6 is 11.6 Å². The van der Waals surface area contributed by atoms with Gasteiger partial charge in [0.05, 0.1) is 6.10 Å². The molecular weight excluding hydrogens is 296 g/mol. The Kier molecular flexibility index (Phi) is 6.84. The largest absolute Gasteiger partial charge is 0.391 e. The Bertz CT molecular complexity index is 545. The van der Waals surface area contributed by atoms with Gasteiger partial charge in [-0.3, -0.25) is 0 Å². The highest BCUT2D eigenvalue weighted by Gasteiger charge is 2.08. The maximum absolute atomic E-state index is 10.1. The van der Waals surface area contributed by atoms with Crippen molar-refractivity contribution in [3.05, 3.63) is 64.9 Å². The molecule has 2 atom stereocenters. The fourth-order valence-electron chi connectivity index (χ4n) is 2.34. The second-order valence-corrected chi connectivity index (χ2v) is 6.07. The number of nitrogens with zero attached hydrogens (tertiary/aromatic N) is 1. The van der Waals surface area contributed by atoms with Crippen LogP contribution in [0.3, 0.4) is 0 Å². The molecule has 0 aliphatic rings. The van der Waals surface area contributed by atoms with Crippen LogP contribution in [-0.4, -0.2) is 28.8 Å². The zero-order valence-electron chi connectivity index (χ0n) is 12.9. The Morgan fingerprint density at radius 2 is 1.91 bits per heavy atom. The predicted molar refractivity (Wildman–Crippen MR) is 91.2 cm³/mol. The average molecular weight is 319 g/mol. The number of rotatable bonds is 8. The normalized spacial score (nSPS) is 13.8. The van der Waals surface area contributed by atoms with Gasteiger partial charge in [0, 0.05) is 18.8 Å². The van der Waals surface area contributed by atoms with Crippen molar-refractivity contribution in [1.82, 2.24) is 10.3 Å². The Morgan fingerprint density at radius 1 is 1.14 bits per heavy atom. The number of aliphatic hydroxyl groups excluding tert-OH is 1. The fourth-order valence-corrected chi connectivity index (χ4v) is 2.45. The molecule has 3 nitrogen and oxygen atoms in total. The third-order valence-electron chi connectivity index (χ3n) is 3.67. The van der Waals surface area contributed by atoms with Gasteiger partial charge in [0.15, 0.2) is 0 Å². The topological polar surface area (TPSA) is 45.2 Å². The number of hydrogen-bond acceptors (Lipinski definition) is 3. The van der Waals surface area contributed by atoms with Gasteiger partial charge in [-0.25, -0.2) is 4.98 Å². The molecule has 2 rings (SSSR count). The van der Waals surface area contributed by atoms with Crippen molar-refractivity contribution in [2.45, 2.75) is 38.3 Å². The molecule has 0 aliphatic carbocycles. The standard InChI is InChI=1S/C18H23ClN2O/c1-14(7-8-16-9-10-18(19)21-12-16)20-13-17(22)11-15-5-3-2-4-6-15/h2-6,9-10,12,14,17,20,22H,7-8,11,13H2,1H3. The van der Waals surface area contributed by atoms with E-state index in [1.807, 2.05) is 48.7 Å². The molecule has 4 heteroatoms. The Morgan fingerprint density at radius 3 is 2.59 bits per heavy atom. The van der Waals surface area contributed by atoms with E-state index in [2.05, 4.69) is 17.2 Å². The summed E-state index contributed by atoms with van der Waals surface area (Å²) in [5.74, 6) is 0. The highest BCUT2D eigenvalue weighted by molar-refractivity contribution is 6.29. The molecule has 1 aromatic heterocycles. The van der Waals surface area contributed by atoms with Gasteiger partial charge in [-0.05, 0) is 43.4 Å². The van der Waals surface area contributed by atoms with E-state index >= 15 is 0 Å². The number of aliphatic hydroxyl groups is 1. The van der Waals surface area contributed by atoms with Gasteiger partial charge in [-0.1, -0.05) is 48.0 Å². The first kappa shape index (κ1) is 16.9. The maximum Gasteiger partial charge on any atom is 0.129 e. The predicted octanol–water partition coefficient (Wildman–Crippen LogP) is 3.25. The van der Waals surface area contributed by atoms with Gasteiger partial charge >= 0.3 is 0 Å². The van der Waals surface area contributed by atoms with Crippen LogP contribution in [-0.2, 0) is 12.8 Å². The van der Waals surface area contributed by atoms with Crippen LogP contribution in [0.4, 0.5) is 0 Å². The highest BCUT2D eigenvalue weighted by atomic mass is 35.5. The summed E-state index contributed by atoms with van der Waals surface area (Å²) < 4.78 is 0. The van der Waals surface area contributed by atoms with Crippen LogP contribution in [0.2, 0.25) is 5.15 Å². The minimum absolute atomic E-state index is 0.348. The molecule has 118 valence electrons. The second-order valence-electron chi connectivity index (χ2n) is 5.68. The van der Waals surface area contributed by atoms with E-state index in [1.54, 1.807) is 0 Å². The van der Waals surface area contributed by atoms with Crippen LogP contribution in [0.1, 0.15) is 24.5 Å². The zero-order valence-corrected chi connectivity index (χ0v) is 13.6. The molecule has 0 saturated carbocycles.